The first-order chi connectivity index (χ1) is 35.0. The van der Waals surface area contributed by atoms with Gasteiger partial charge in [-0.25, -0.2) is 0 Å². The Kier molecular flexibility index (Phi) is 59.5. The van der Waals surface area contributed by atoms with Gasteiger partial charge in [-0.1, -0.05) is 308 Å². The zero-order chi connectivity index (χ0) is 51.4. The Balaban J connectivity index is 3.35. The number of hydrogen-bond donors (Lipinski definition) is 3. The SMILES string of the molecule is CCCCCCCCCCCCCCC(=O)OCCCCCCCCCCC/C=C\C/C=C\CCCCCCCCCCCCCCCCCCCC(=O)NC(CO)C(O)CCCCCCCCCCC. The summed E-state index contributed by atoms with van der Waals surface area (Å²) in [5.41, 5.74) is 0. The van der Waals surface area contributed by atoms with E-state index in [4.69, 9.17) is 4.74 Å². The first-order valence-corrected chi connectivity index (χ1v) is 32.1. The summed E-state index contributed by atoms with van der Waals surface area (Å²) in [5.74, 6) is -0.0192. The van der Waals surface area contributed by atoms with Gasteiger partial charge >= 0.3 is 5.97 Å². The molecular formula is C65H125NO5. The number of aliphatic hydroxyl groups excluding tert-OH is 2. The Morgan fingerprint density at radius 2 is 0.704 bits per heavy atom. The molecule has 420 valence electrons. The minimum atomic E-state index is -0.660. The van der Waals surface area contributed by atoms with Crippen LogP contribution in [-0.4, -0.2) is 47.4 Å². The highest BCUT2D eigenvalue weighted by atomic mass is 16.5. The highest BCUT2D eigenvalue weighted by Crippen LogP contribution is 2.18. The summed E-state index contributed by atoms with van der Waals surface area (Å²) in [6.07, 6.45) is 75.1. The molecular weight excluding hydrogens is 875 g/mol. The van der Waals surface area contributed by atoms with Gasteiger partial charge in [0.05, 0.1) is 25.4 Å². The van der Waals surface area contributed by atoms with Crippen LogP contribution in [0.1, 0.15) is 354 Å². The molecule has 3 N–H and O–H groups in total. The van der Waals surface area contributed by atoms with Crippen molar-refractivity contribution >= 4 is 11.9 Å². The molecule has 0 fully saturated rings. The standard InChI is InChI=1S/C65H125NO5/c1-3-5-7-9-11-13-14-39-43-47-51-55-59-65(70)71-60-56-52-48-44-40-37-35-33-31-29-27-25-23-21-19-17-15-16-18-20-22-24-26-28-30-32-34-36-38-42-46-50-54-58-64(69)66-62(61-67)63(68)57-53-49-45-41-12-10-8-6-4-2/h19,21,25,27,62-63,67-68H,3-18,20,22-24,26,28-61H2,1-2H3,(H,66,69)/b21-19-,27-25-. The second kappa shape index (κ2) is 60.9. The molecule has 0 aliphatic rings. The summed E-state index contributed by atoms with van der Waals surface area (Å²) in [4.78, 5) is 24.4. The molecule has 0 radical (unpaired) electrons. The van der Waals surface area contributed by atoms with E-state index in [1.165, 1.54) is 276 Å². The van der Waals surface area contributed by atoms with Crippen LogP contribution in [0.3, 0.4) is 0 Å². The van der Waals surface area contributed by atoms with Crippen molar-refractivity contribution in [1.82, 2.24) is 5.32 Å². The third-order valence-electron chi connectivity index (χ3n) is 15.0. The van der Waals surface area contributed by atoms with Crippen molar-refractivity contribution in [2.45, 2.75) is 366 Å². The van der Waals surface area contributed by atoms with Crippen molar-refractivity contribution in [2.24, 2.45) is 0 Å². The van der Waals surface area contributed by atoms with Crippen LogP contribution in [0.15, 0.2) is 24.3 Å². The number of aliphatic hydroxyl groups is 2. The van der Waals surface area contributed by atoms with E-state index in [0.717, 1.165) is 44.9 Å². The molecule has 0 aromatic heterocycles. The molecule has 1 amide bonds. The minimum Gasteiger partial charge on any atom is -0.466 e. The van der Waals surface area contributed by atoms with Crippen molar-refractivity contribution in [3.05, 3.63) is 24.3 Å². The summed E-state index contributed by atoms with van der Waals surface area (Å²) in [6, 6.07) is -0.537. The van der Waals surface area contributed by atoms with E-state index in [9.17, 15) is 19.8 Å². The predicted molar refractivity (Wildman–Crippen MR) is 310 cm³/mol. The molecule has 0 heterocycles. The molecule has 0 spiro atoms. The van der Waals surface area contributed by atoms with Crippen molar-refractivity contribution in [3.8, 4) is 0 Å². The molecule has 0 aromatic carbocycles. The first kappa shape index (κ1) is 69.3. The molecule has 0 bridgehead atoms. The van der Waals surface area contributed by atoms with Crippen LogP contribution in [0.5, 0.6) is 0 Å². The van der Waals surface area contributed by atoms with E-state index >= 15 is 0 Å². The van der Waals surface area contributed by atoms with Crippen LogP contribution in [-0.2, 0) is 14.3 Å². The Labute approximate surface area is 443 Å². The maximum Gasteiger partial charge on any atom is 0.305 e. The summed E-state index contributed by atoms with van der Waals surface area (Å²) in [5, 5.41) is 23.1. The Bertz CT molecular complexity index is 1110. The van der Waals surface area contributed by atoms with Crippen molar-refractivity contribution in [3.63, 3.8) is 0 Å². The van der Waals surface area contributed by atoms with Gasteiger partial charge in [-0.05, 0) is 57.8 Å². The quantitative estimate of drug-likeness (QED) is 0.0320. The first-order valence-electron chi connectivity index (χ1n) is 32.1. The van der Waals surface area contributed by atoms with E-state index in [2.05, 4.69) is 43.5 Å². The maximum atomic E-state index is 12.4. The van der Waals surface area contributed by atoms with Gasteiger partial charge in [0.1, 0.15) is 0 Å². The third kappa shape index (κ3) is 57.5. The molecule has 0 rings (SSSR count). The van der Waals surface area contributed by atoms with Crippen LogP contribution >= 0.6 is 0 Å². The fourth-order valence-corrected chi connectivity index (χ4v) is 10.1. The highest BCUT2D eigenvalue weighted by molar-refractivity contribution is 5.76. The Morgan fingerprint density at radius 3 is 1.07 bits per heavy atom. The van der Waals surface area contributed by atoms with E-state index in [0.29, 0.717) is 25.9 Å². The second-order valence-electron chi connectivity index (χ2n) is 22.1. The fourth-order valence-electron chi connectivity index (χ4n) is 10.1. The number of rotatable bonds is 60. The summed E-state index contributed by atoms with van der Waals surface area (Å²) in [7, 11) is 0. The van der Waals surface area contributed by atoms with Crippen molar-refractivity contribution in [1.29, 1.82) is 0 Å². The largest absolute Gasteiger partial charge is 0.466 e. The van der Waals surface area contributed by atoms with Crippen molar-refractivity contribution in [2.75, 3.05) is 13.2 Å². The smallest absolute Gasteiger partial charge is 0.305 e. The number of unbranched alkanes of at least 4 members (excludes halogenated alkanes) is 45. The van der Waals surface area contributed by atoms with E-state index < -0.39 is 12.1 Å². The van der Waals surface area contributed by atoms with Gasteiger partial charge in [0.2, 0.25) is 5.91 Å². The van der Waals surface area contributed by atoms with Crippen LogP contribution in [0, 0.1) is 0 Å². The van der Waals surface area contributed by atoms with Gasteiger partial charge < -0.3 is 20.3 Å². The molecule has 0 saturated heterocycles. The lowest BCUT2D eigenvalue weighted by Crippen LogP contribution is -2.45. The highest BCUT2D eigenvalue weighted by Gasteiger charge is 2.20. The molecule has 0 aliphatic heterocycles. The van der Waals surface area contributed by atoms with Gasteiger partial charge in [-0.2, -0.15) is 0 Å². The molecule has 71 heavy (non-hydrogen) atoms. The number of carbonyl (C=O) groups is 2. The Morgan fingerprint density at radius 1 is 0.394 bits per heavy atom. The number of allylic oxidation sites excluding steroid dienone is 4. The molecule has 0 aliphatic carbocycles. The second-order valence-corrected chi connectivity index (χ2v) is 22.1. The van der Waals surface area contributed by atoms with Gasteiger partial charge in [0.15, 0.2) is 0 Å². The molecule has 6 heteroatoms. The third-order valence-corrected chi connectivity index (χ3v) is 15.0. The normalized spacial score (nSPS) is 12.7. The Hall–Kier alpha value is -1.66. The van der Waals surface area contributed by atoms with Crippen LogP contribution in [0.25, 0.3) is 0 Å². The lowest BCUT2D eigenvalue weighted by Gasteiger charge is -2.22. The lowest BCUT2D eigenvalue weighted by atomic mass is 10.0. The van der Waals surface area contributed by atoms with Crippen LogP contribution < -0.4 is 5.32 Å². The monoisotopic (exact) mass is 1000 g/mol. The summed E-state index contributed by atoms with van der Waals surface area (Å²) >= 11 is 0. The van der Waals surface area contributed by atoms with Crippen LogP contribution in [0.4, 0.5) is 0 Å². The molecule has 6 nitrogen and oxygen atoms in total. The maximum absolute atomic E-state index is 12.4. The predicted octanol–water partition coefficient (Wildman–Crippen LogP) is 20.2. The fraction of sp³-hybridized carbons (Fsp3) is 0.908. The summed E-state index contributed by atoms with van der Waals surface area (Å²) < 4.78 is 5.47. The van der Waals surface area contributed by atoms with Gasteiger partial charge in [0.25, 0.3) is 0 Å². The number of carbonyl (C=O) groups excluding carboxylic acids is 2. The van der Waals surface area contributed by atoms with E-state index in [1.54, 1.807) is 0 Å². The van der Waals surface area contributed by atoms with Crippen molar-refractivity contribution < 1.29 is 24.5 Å². The van der Waals surface area contributed by atoms with E-state index in [1.807, 2.05) is 0 Å². The van der Waals surface area contributed by atoms with E-state index in [-0.39, 0.29) is 18.5 Å². The molecule has 0 saturated carbocycles. The number of amides is 1. The summed E-state index contributed by atoms with van der Waals surface area (Å²) in [6.45, 7) is 4.95. The topological polar surface area (TPSA) is 95.9 Å². The van der Waals surface area contributed by atoms with Gasteiger partial charge in [-0.3, -0.25) is 9.59 Å². The zero-order valence-electron chi connectivity index (χ0n) is 48.0. The zero-order valence-corrected chi connectivity index (χ0v) is 48.0. The average Bonchev–Trinajstić information content (AvgIpc) is 3.37. The number of nitrogens with one attached hydrogen (secondary N) is 1. The molecule has 2 atom stereocenters. The number of esters is 1. The average molecular weight is 1000 g/mol. The van der Waals surface area contributed by atoms with Gasteiger partial charge in [0, 0.05) is 12.8 Å². The van der Waals surface area contributed by atoms with Crippen LogP contribution in [0.2, 0.25) is 0 Å². The number of ether oxygens (including phenoxy) is 1. The van der Waals surface area contributed by atoms with Gasteiger partial charge in [-0.15, -0.1) is 0 Å². The number of hydrogen-bond acceptors (Lipinski definition) is 5. The molecule has 2 unspecified atom stereocenters. The lowest BCUT2D eigenvalue weighted by molar-refractivity contribution is -0.143. The minimum absolute atomic E-state index is 0.0150. The molecule has 0 aromatic rings.